The minimum Gasteiger partial charge on any atom is -0.450 e. The number of para-hydroxylation sites is 1. The molecule has 0 saturated heterocycles. The molecular formula is C20H19N3O3. The molecule has 1 aromatic carbocycles. The summed E-state index contributed by atoms with van der Waals surface area (Å²) in [4.78, 5) is 34.1. The number of hydrogen-bond donors (Lipinski definition) is 0. The number of amides is 1. The van der Waals surface area contributed by atoms with Crippen LogP contribution in [-0.2, 0) is 0 Å². The van der Waals surface area contributed by atoms with Crippen LogP contribution in [0.4, 0.5) is 0 Å². The van der Waals surface area contributed by atoms with Crippen LogP contribution >= 0.6 is 0 Å². The molecule has 4 rings (SSSR count). The van der Waals surface area contributed by atoms with E-state index in [1.165, 1.54) is 0 Å². The van der Waals surface area contributed by atoms with Crippen molar-refractivity contribution >= 4 is 16.9 Å². The van der Waals surface area contributed by atoms with Crippen LogP contribution in [0.15, 0.2) is 58.0 Å². The fourth-order valence-corrected chi connectivity index (χ4v) is 3.39. The molecule has 3 aromatic rings. The van der Waals surface area contributed by atoms with E-state index >= 15 is 0 Å². The summed E-state index contributed by atoms with van der Waals surface area (Å²) >= 11 is 0. The Morgan fingerprint density at radius 3 is 2.69 bits per heavy atom. The zero-order chi connectivity index (χ0) is 18.3. The van der Waals surface area contributed by atoms with E-state index in [-0.39, 0.29) is 17.1 Å². The monoisotopic (exact) mass is 349 g/mol. The standard InChI is InChI=1S/C20H19N3O3/c1-22(2)10-11-23-17(13-6-5-9-21-12-13)16-18(24)14-7-3-4-8-15(14)26-19(16)20(23)25/h3-9,12,17H,10-11H2,1-2H3. The quantitative estimate of drug-likeness (QED) is 0.723. The largest absolute Gasteiger partial charge is 0.450 e. The Kier molecular flexibility index (Phi) is 4.05. The summed E-state index contributed by atoms with van der Waals surface area (Å²) in [5.74, 6) is -0.111. The summed E-state index contributed by atoms with van der Waals surface area (Å²) < 4.78 is 5.86. The van der Waals surface area contributed by atoms with E-state index in [1.54, 1.807) is 41.6 Å². The number of carbonyl (C=O) groups is 1. The van der Waals surface area contributed by atoms with Gasteiger partial charge in [0, 0.05) is 25.5 Å². The second kappa shape index (κ2) is 6.38. The zero-order valence-corrected chi connectivity index (χ0v) is 14.7. The van der Waals surface area contributed by atoms with Gasteiger partial charge in [-0.3, -0.25) is 14.6 Å². The Hall–Kier alpha value is -2.99. The van der Waals surface area contributed by atoms with Gasteiger partial charge in [0.1, 0.15) is 5.58 Å². The van der Waals surface area contributed by atoms with Crippen molar-refractivity contribution in [2.75, 3.05) is 27.2 Å². The lowest BCUT2D eigenvalue weighted by molar-refractivity contribution is 0.0716. The van der Waals surface area contributed by atoms with Crippen LogP contribution in [0.2, 0.25) is 0 Å². The molecule has 0 fully saturated rings. The number of aromatic nitrogens is 1. The molecule has 3 heterocycles. The van der Waals surface area contributed by atoms with E-state index < -0.39 is 6.04 Å². The van der Waals surface area contributed by atoms with Crippen LogP contribution in [-0.4, -0.2) is 47.9 Å². The molecule has 0 spiro atoms. The number of rotatable bonds is 4. The Morgan fingerprint density at radius 2 is 1.96 bits per heavy atom. The number of hydrogen-bond acceptors (Lipinski definition) is 5. The molecule has 6 heteroatoms. The normalized spacial score (nSPS) is 16.5. The highest BCUT2D eigenvalue weighted by Gasteiger charge is 2.42. The van der Waals surface area contributed by atoms with Gasteiger partial charge in [-0.1, -0.05) is 18.2 Å². The van der Waals surface area contributed by atoms with E-state index in [2.05, 4.69) is 4.98 Å². The first-order valence-electron chi connectivity index (χ1n) is 8.49. The second-order valence-corrected chi connectivity index (χ2v) is 6.66. The third-order valence-corrected chi connectivity index (χ3v) is 4.66. The van der Waals surface area contributed by atoms with Crippen LogP contribution in [0.3, 0.4) is 0 Å². The van der Waals surface area contributed by atoms with Crippen molar-refractivity contribution in [1.82, 2.24) is 14.8 Å². The van der Waals surface area contributed by atoms with Gasteiger partial charge in [-0.05, 0) is 37.9 Å². The van der Waals surface area contributed by atoms with E-state index in [0.717, 1.165) is 5.56 Å². The Bertz CT molecular complexity index is 1030. The van der Waals surface area contributed by atoms with Gasteiger partial charge in [0.05, 0.1) is 17.0 Å². The molecule has 0 radical (unpaired) electrons. The van der Waals surface area contributed by atoms with Crippen LogP contribution < -0.4 is 5.43 Å². The second-order valence-electron chi connectivity index (χ2n) is 6.66. The first-order chi connectivity index (χ1) is 12.6. The Morgan fingerprint density at radius 1 is 1.15 bits per heavy atom. The third kappa shape index (κ3) is 2.59. The van der Waals surface area contributed by atoms with Gasteiger partial charge in [0.2, 0.25) is 5.76 Å². The van der Waals surface area contributed by atoms with E-state index in [0.29, 0.717) is 29.6 Å². The number of carbonyl (C=O) groups excluding carboxylic acids is 1. The number of pyridine rings is 1. The van der Waals surface area contributed by atoms with Crippen LogP contribution in [0.5, 0.6) is 0 Å². The summed E-state index contributed by atoms with van der Waals surface area (Å²) in [6.07, 6.45) is 3.37. The highest BCUT2D eigenvalue weighted by Crippen LogP contribution is 2.37. The SMILES string of the molecule is CN(C)CCN1C(=O)c2oc3ccccc3c(=O)c2C1c1cccnc1. The van der Waals surface area contributed by atoms with Crippen molar-refractivity contribution in [3.8, 4) is 0 Å². The van der Waals surface area contributed by atoms with Gasteiger partial charge in [0.15, 0.2) is 5.43 Å². The fraction of sp³-hybridized carbons (Fsp3) is 0.250. The highest BCUT2D eigenvalue weighted by molar-refractivity contribution is 5.99. The van der Waals surface area contributed by atoms with Crippen molar-refractivity contribution < 1.29 is 9.21 Å². The number of nitrogens with zero attached hydrogens (tertiary/aromatic N) is 3. The lowest BCUT2D eigenvalue weighted by Gasteiger charge is -2.26. The van der Waals surface area contributed by atoms with Crippen LogP contribution in [0, 0.1) is 0 Å². The number of fused-ring (bicyclic) bond motifs is 2. The molecule has 1 atom stereocenters. The lowest BCUT2D eigenvalue weighted by atomic mass is 10.00. The summed E-state index contributed by atoms with van der Waals surface area (Å²) in [5.41, 5.74) is 1.49. The minimum absolute atomic E-state index is 0.140. The van der Waals surface area contributed by atoms with Crippen molar-refractivity contribution in [2.24, 2.45) is 0 Å². The van der Waals surface area contributed by atoms with Gasteiger partial charge in [-0.25, -0.2) is 0 Å². The van der Waals surface area contributed by atoms with Crippen molar-refractivity contribution in [3.63, 3.8) is 0 Å². The van der Waals surface area contributed by atoms with Gasteiger partial charge in [0.25, 0.3) is 5.91 Å². The first-order valence-corrected chi connectivity index (χ1v) is 8.49. The molecule has 1 aliphatic heterocycles. The maximum atomic E-state index is 13.2. The van der Waals surface area contributed by atoms with E-state index in [9.17, 15) is 9.59 Å². The van der Waals surface area contributed by atoms with Gasteiger partial charge in [-0.2, -0.15) is 0 Å². The predicted octanol–water partition coefficient (Wildman–Crippen LogP) is 2.29. The predicted molar refractivity (Wildman–Crippen MR) is 98.2 cm³/mol. The smallest absolute Gasteiger partial charge is 0.290 e. The van der Waals surface area contributed by atoms with Crippen molar-refractivity contribution in [1.29, 1.82) is 0 Å². The average Bonchev–Trinajstić information content (AvgIpc) is 2.93. The maximum absolute atomic E-state index is 13.2. The average molecular weight is 349 g/mol. The Balaban J connectivity index is 1.93. The molecule has 0 saturated carbocycles. The number of benzene rings is 1. The fourth-order valence-electron chi connectivity index (χ4n) is 3.39. The summed E-state index contributed by atoms with van der Waals surface area (Å²) in [5, 5.41) is 0.488. The van der Waals surface area contributed by atoms with Crippen LogP contribution in [0.25, 0.3) is 11.0 Å². The summed E-state index contributed by atoms with van der Waals surface area (Å²) in [6.45, 7) is 1.18. The molecule has 2 aromatic heterocycles. The first kappa shape index (κ1) is 16.5. The molecule has 132 valence electrons. The zero-order valence-electron chi connectivity index (χ0n) is 14.7. The van der Waals surface area contributed by atoms with E-state index in [4.69, 9.17) is 4.42 Å². The molecule has 1 aliphatic rings. The molecule has 26 heavy (non-hydrogen) atoms. The van der Waals surface area contributed by atoms with Gasteiger partial charge < -0.3 is 14.2 Å². The minimum atomic E-state index is -0.480. The van der Waals surface area contributed by atoms with Crippen molar-refractivity contribution in [2.45, 2.75) is 6.04 Å². The third-order valence-electron chi connectivity index (χ3n) is 4.66. The molecular weight excluding hydrogens is 330 g/mol. The topological polar surface area (TPSA) is 66.7 Å². The highest BCUT2D eigenvalue weighted by atomic mass is 16.3. The molecule has 1 unspecified atom stereocenters. The molecule has 0 aliphatic carbocycles. The lowest BCUT2D eigenvalue weighted by Crippen LogP contribution is -2.35. The number of likely N-dealkylation sites (N-methyl/N-ethyl adjacent to an activating group) is 1. The summed E-state index contributed by atoms with van der Waals surface area (Å²) in [7, 11) is 3.90. The molecule has 0 N–H and O–H groups in total. The maximum Gasteiger partial charge on any atom is 0.290 e. The molecule has 6 nitrogen and oxygen atoms in total. The molecule has 1 amide bonds. The Labute approximate surface area is 150 Å². The van der Waals surface area contributed by atoms with Crippen molar-refractivity contribution in [3.05, 3.63) is 75.9 Å². The van der Waals surface area contributed by atoms with Gasteiger partial charge in [-0.15, -0.1) is 0 Å². The molecule has 0 bridgehead atoms. The van der Waals surface area contributed by atoms with Gasteiger partial charge >= 0.3 is 0 Å². The van der Waals surface area contributed by atoms with E-state index in [1.807, 2.05) is 31.1 Å². The summed E-state index contributed by atoms with van der Waals surface area (Å²) in [6, 6.07) is 10.2. The van der Waals surface area contributed by atoms with Crippen LogP contribution in [0.1, 0.15) is 27.7 Å².